The molecular formula is C20H24N2O6. The first-order chi connectivity index (χ1) is 13.4. The van der Waals surface area contributed by atoms with Gasteiger partial charge in [-0.25, -0.2) is 4.79 Å². The third kappa shape index (κ3) is 6.15. The minimum atomic E-state index is -0.882. The predicted octanol–water partition coefficient (Wildman–Crippen LogP) is 1.90. The van der Waals surface area contributed by atoms with Crippen LogP contribution >= 0.6 is 0 Å². The Hall–Kier alpha value is -3.29. The van der Waals surface area contributed by atoms with Crippen molar-refractivity contribution in [1.82, 2.24) is 10.6 Å². The number of nitrogens with one attached hydrogen (secondary N) is 2. The Morgan fingerprint density at radius 3 is 2.39 bits per heavy atom. The number of hydrogen-bond acceptors (Lipinski definition) is 6. The molecule has 2 rings (SSSR count). The van der Waals surface area contributed by atoms with Crippen LogP contribution in [0.5, 0.6) is 5.75 Å². The Morgan fingerprint density at radius 1 is 1.11 bits per heavy atom. The first-order valence-electron chi connectivity index (χ1n) is 8.81. The van der Waals surface area contributed by atoms with Gasteiger partial charge in [0.05, 0.1) is 19.9 Å². The third-order valence-corrected chi connectivity index (χ3v) is 3.94. The second-order valence-electron chi connectivity index (χ2n) is 6.39. The lowest BCUT2D eigenvalue weighted by molar-refractivity contribution is -0.151. The van der Waals surface area contributed by atoms with Crippen LogP contribution in [-0.4, -0.2) is 37.5 Å². The molecule has 0 radical (unpaired) electrons. The highest BCUT2D eigenvalue weighted by atomic mass is 16.5. The molecule has 0 aliphatic rings. The molecule has 0 saturated carbocycles. The van der Waals surface area contributed by atoms with E-state index in [1.54, 1.807) is 50.2 Å². The molecule has 0 saturated heterocycles. The van der Waals surface area contributed by atoms with E-state index in [4.69, 9.17) is 13.9 Å². The summed E-state index contributed by atoms with van der Waals surface area (Å²) in [7, 11) is 1.53. The minimum Gasteiger partial charge on any atom is -0.497 e. The summed E-state index contributed by atoms with van der Waals surface area (Å²) in [5.41, 5.74) is 0.385. The average molecular weight is 388 g/mol. The summed E-state index contributed by atoms with van der Waals surface area (Å²) >= 11 is 0. The molecule has 8 nitrogen and oxygen atoms in total. The Morgan fingerprint density at radius 2 is 1.82 bits per heavy atom. The van der Waals surface area contributed by atoms with E-state index in [0.717, 1.165) is 0 Å². The zero-order chi connectivity index (χ0) is 20.5. The number of ether oxygens (including phenoxy) is 2. The van der Waals surface area contributed by atoms with Gasteiger partial charge in [0.15, 0.2) is 6.61 Å². The second kappa shape index (κ2) is 10.1. The normalized spacial score (nSPS) is 11.6. The van der Waals surface area contributed by atoms with E-state index in [2.05, 4.69) is 10.6 Å². The van der Waals surface area contributed by atoms with Crippen LogP contribution < -0.4 is 15.4 Å². The molecule has 1 heterocycles. The molecule has 150 valence electrons. The van der Waals surface area contributed by atoms with Gasteiger partial charge in [0, 0.05) is 5.56 Å². The molecule has 2 amide bonds. The molecule has 0 unspecified atom stereocenters. The fourth-order valence-electron chi connectivity index (χ4n) is 2.34. The number of furan rings is 1. The van der Waals surface area contributed by atoms with Crippen molar-refractivity contribution in [2.24, 2.45) is 5.92 Å². The van der Waals surface area contributed by atoms with Crippen molar-refractivity contribution >= 4 is 17.8 Å². The standard InChI is InChI=1S/C20H24N2O6/c1-13(2)18(22-19(24)14-6-8-15(26-3)9-7-14)20(25)28-12-17(23)21-11-16-5-4-10-27-16/h4-10,13,18H,11-12H2,1-3H3,(H,21,23)(H,22,24)/t18-/m0/s1. The largest absolute Gasteiger partial charge is 0.497 e. The lowest BCUT2D eigenvalue weighted by Crippen LogP contribution is -2.46. The lowest BCUT2D eigenvalue weighted by Gasteiger charge is -2.20. The number of rotatable bonds is 9. The van der Waals surface area contributed by atoms with E-state index < -0.39 is 30.4 Å². The maximum absolute atomic E-state index is 12.4. The summed E-state index contributed by atoms with van der Waals surface area (Å²) in [5.74, 6) is -0.566. The minimum absolute atomic E-state index is 0.200. The number of carbonyl (C=O) groups excluding carboxylic acids is 3. The Bertz CT molecular complexity index is 784. The molecule has 0 spiro atoms. The molecule has 2 N–H and O–H groups in total. The summed E-state index contributed by atoms with van der Waals surface area (Å²) in [6.45, 7) is 3.31. The number of hydrogen-bond donors (Lipinski definition) is 2. The second-order valence-corrected chi connectivity index (χ2v) is 6.39. The van der Waals surface area contributed by atoms with Gasteiger partial charge in [-0.1, -0.05) is 13.8 Å². The van der Waals surface area contributed by atoms with Crippen LogP contribution in [0, 0.1) is 5.92 Å². The fraction of sp³-hybridized carbons (Fsp3) is 0.350. The van der Waals surface area contributed by atoms with Crippen LogP contribution in [0.3, 0.4) is 0 Å². The maximum Gasteiger partial charge on any atom is 0.329 e. The Kier molecular flexibility index (Phi) is 7.62. The van der Waals surface area contributed by atoms with Crippen molar-refractivity contribution in [3.63, 3.8) is 0 Å². The summed E-state index contributed by atoms with van der Waals surface area (Å²) in [6, 6.07) is 9.04. The van der Waals surface area contributed by atoms with Crippen LogP contribution in [0.1, 0.15) is 30.0 Å². The SMILES string of the molecule is COc1ccc(C(=O)N[C@H](C(=O)OCC(=O)NCc2ccco2)C(C)C)cc1. The molecule has 0 aliphatic heterocycles. The van der Waals surface area contributed by atoms with Crippen LogP contribution in [0.15, 0.2) is 47.1 Å². The highest BCUT2D eigenvalue weighted by Gasteiger charge is 2.26. The topological polar surface area (TPSA) is 107 Å². The van der Waals surface area contributed by atoms with Gasteiger partial charge in [0.1, 0.15) is 17.6 Å². The molecule has 0 aliphatic carbocycles. The zero-order valence-electron chi connectivity index (χ0n) is 16.1. The lowest BCUT2D eigenvalue weighted by atomic mass is 10.0. The summed E-state index contributed by atoms with van der Waals surface area (Å²) in [4.78, 5) is 36.5. The highest BCUT2D eigenvalue weighted by Crippen LogP contribution is 2.12. The van der Waals surface area contributed by atoms with E-state index >= 15 is 0 Å². The van der Waals surface area contributed by atoms with E-state index in [1.165, 1.54) is 13.4 Å². The predicted molar refractivity (Wildman–Crippen MR) is 101 cm³/mol. The van der Waals surface area contributed by atoms with Crippen LogP contribution in [0.2, 0.25) is 0 Å². The highest BCUT2D eigenvalue weighted by molar-refractivity contribution is 5.97. The quantitative estimate of drug-likeness (QED) is 0.636. The zero-order valence-corrected chi connectivity index (χ0v) is 16.1. The van der Waals surface area contributed by atoms with Gasteiger partial charge in [-0.15, -0.1) is 0 Å². The van der Waals surface area contributed by atoms with E-state index in [9.17, 15) is 14.4 Å². The van der Waals surface area contributed by atoms with E-state index in [0.29, 0.717) is 17.1 Å². The van der Waals surface area contributed by atoms with Crippen LogP contribution in [0.4, 0.5) is 0 Å². The van der Waals surface area contributed by atoms with Crippen molar-refractivity contribution < 1.29 is 28.3 Å². The summed E-state index contributed by atoms with van der Waals surface area (Å²) in [6.07, 6.45) is 1.50. The summed E-state index contributed by atoms with van der Waals surface area (Å²) < 4.78 is 15.2. The van der Waals surface area contributed by atoms with Crippen LogP contribution in [0.25, 0.3) is 0 Å². The third-order valence-electron chi connectivity index (χ3n) is 3.94. The molecule has 2 aromatic rings. The van der Waals surface area contributed by atoms with Crippen molar-refractivity contribution in [3.05, 3.63) is 54.0 Å². The van der Waals surface area contributed by atoms with Crippen molar-refractivity contribution in [2.75, 3.05) is 13.7 Å². The number of carbonyl (C=O) groups is 3. The Labute approximate surface area is 163 Å². The van der Waals surface area contributed by atoms with Crippen molar-refractivity contribution in [2.45, 2.75) is 26.4 Å². The first kappa shape index (κ1) is 21.0. The molecular weight excluding hydrogens is 364 g/mol. The van der Waals surface area contributed by atoms with E-state index in [1.807, 2.05) is 0 Å². The van der Waals surface area contributed by atoms with Gasteiger partial charge in [0.2, 0.25) is 0 Å². The van der Waals surface area contributed by atoms with Gasteiger partial charge < -0.3 is 24.5 Å². The van der Waals surface area contributed by atoms with Gasteiger partial charge in [0.25, 0.3) is 11.8 Å². The van der Waals surface area contributed by atoms with Crippen molar-refractivity contribution in [1.29, 1.82) is 0 Å². The number of methoxy groups -OCH3 is 1. The maximum atomic E-state index is 12.4. The molecule has 1 atom stereocenters. The Balaban J connectivity index is 1.86. The average Bonchev–Trinajstić information content (AvgIpc) is 3.22. The number of esters is 1. The molecule has 8 heteroatoms. The summed E-state index contributed by atoms with van der Waals surface area (Å²) in [5, 5.41) is 5.22. The monoisotopic (exact) mass is 388 g/mol. The van der Waals surface area contributed by atoms with Gasteiger partial charge in [-0.05, 0) is 42.3 Å². The number of benzene rings is 1. The molecule has 1 aromatic heterocycles. The van der Waals surface area contributed by atoms with Crippen molar-refractivity contribution in [3.8, 4) is 5.75 Å². The molecule has 1 aromatic carbocycles. The first-order valence-corrected chi connectivity index (χ1v) is 8.81. The molecule has 0 bridgehead atoms. The number of amides is 2. The van der Waals surface area contributed by atoms with Crippen LogP contribution in [-0.2, 0) is 20.9 Å². The van der Waals surface area contributed by atoms with Gasteiger partial charge in [-0.2, -0.15) is 0 Å². The smallest absolute Gasteiger partial charge is 0.329 e. The molecule has 0 fully saturated rings. The fourth-order valence-corrected chi connectivity index (χ4v) is 2.34. The van der Waals surface area contributed by atoms with E-state index in [-0.39, 0.29) is 12.5 Å². The molecule has 28 heavy (non-hydrogen) atoms. The van der Waals surface area contributed by atoms with Gasteiger partial charge >= 0.3 is 5.97 Å². The van der Waals surface area contributed by atoms with Gasteiger partial charge in [-0.3, -0.25) is 9.59 Å².